The maximum Gasteiger partial charge on any atom is 0.318 e. The molecule has 0 spiro atoms. The molecule has 0 saturated heterocycles. The zero-order valence-electron chi connectivity index (χ0n) is 12.4. The summed E-state index contributed by atoms with van der Waals surface area (Å²) in [6.45, 7) is 0. The Morgan fingerprint density at radius 2 is 1.87 bits per heavy atom. The van der Waals surface area contributed by atoms with Crippen molar-refractivity contribution in [1.82, 2.24) is 15.5 Å². The standard InChI is InChI=1S/C13H14N4O5S/c1-20-8-3-7(4-9(5-8)21-2)11-16-17-13(22-11)23-6-10(18)15-12(14)19/h3-5H,6H2,1-2H3,(H3,14,15,18,19). The van der Waals surface area contributed by atoms with Crippen LogP contribution in [0, 0.1) is 0 Å². The second-order valence-electron chi connectivity index (χ2n) is 4.18. The molecule has 1 aromatic carbocycles. The van der Waals surface area contributed by atoms with Gasteiger partial charge in [0.05, 0.1) is 20.0 Å². The summed E-state index contributed by atoms with van der Waals surface area (Å²) in [6, 6.07) is 4.23. The number of primary amides is 1. The fourth-order valence-electron chi connectivity index (χ4n) is 1.62. The third-order valence-electron chi connectivity index (χ3n) is 2.59. The highest BCUT2D eigenvalue weighted by Gasteiger charge is 2.13. The van der Waals surface area contributed by atoms with Gasteiger partial charge in [-0.25, -0.2) is 4.79 Å². The smallest absolute Gasteiger partial charge is 0.318 e. The minimum Gasteiger partial charge on any atom is -0.497 e. The lowest BCUT2D eigenvalue weighted by Gasteiger charge is -2.05. The van der Waals surface area contributed by atoms with Gasteiger partial charge in [-0.1, -0.05) is 11.8 Å². The molecule has 1 heterocycles. The molecule has 9 nitrogen and oxygen atoms in total. The van der Waals surface area contributed by atoms with Crippen LogP contribution in [0.2, 0.25) is 0 Å². The average Bonchev–Trinajstić information content (AvgIpc) is 3.00. The minimum atomic E-state index is -0.912. The molecule has 3 N–H and O–H groups in total. The molecule has 0 aliphatic rings. The van der Waals surface area contributed by atoms with E-state index < -0.39 is 11.9 Å². The highest BCUT2D eigenvalue weighted by Crippen LogP contribution is 2.30. The van der Waals surface area contributed by atoms with Crippen molar-refractivity contribution in [3.63, 3.8) is 0 Å². The molecule has 3 amide bonds. The van der Waals surface area contributed by atoms with E-state index in [9.17, 15) is 9.59 Å². The van der Waals surface area contributed by atoms with Crippen LogP contribution in [0.4, 0.5) is 4.79 Å². The number of imide groups is 1. The predicted octanol–water partition coefficient (Wildman–Crippen LogP) is 1.04. The largest absolute Gasteiger partial charge is 0.497 e. The fraction of sp³-hybridized carbons (Fsp3) is 0.231. The first kappa shape index (κ1) is 16.6. The van der Waals surface area contributed by atoms with Crippen LogP contribution in [0.25, 0.3) is 11.5 Å². The van der Waals surface area contributed by atoms with E-state index in [2.05, 4.69) is 10.2 Å². The van der Waals surface area contributed by atoms with Crippen molar-refractivity contribution in [3.05, 3.63) is 18.2 Å². The summed E-state index contributed by atoms with van der Waals surface area (Å²) in [7, 11) is 3.07. The number of rotatable bonds is 6. The van der Waals surface area contributed by atoms with Gasteiger partial charge in [0, 0.05) is 11.6 Å². The van der Waals surface area contributed by atoms with Gasteiger partial charge in [-0.3, -0.25) is 10.1 Å². The van der Waals surface area contributed by atoms with E-state index in [-0.39, 0.29) is 16.9 Å². The van der Waals surface area contributed by atoms with Gasteiger partial charge in [-0.05, 0) is 12.1 Å². The summed E-state index contributed by atoms with van der Waals surface area (Å²) < 4.78 is 15.8. The second-order valence-corrected chi connectivity index (χ2v) is 5.10. The SMILES string of the molecule is COc1cc(OC)cc(-c2nnc(SCC(=O)NC(N)=O)o2)c1. The molecule has 2 rings (SSSR count). The normalized spacial score (nSPS) is 10.2. The first-order valence-electron chi connectivity index (χ1n) is 6.31. The molecule has 23 heavy (non-hydrogen) atoms. The van der Waals surface area contributed by atoms with Crippen molar-refractivity contribution in [2.75, 3.05) is 20.0 Å². The fourth-order valence-corrected chi connectivity index (χ4v) is 2.18. The van der Waals surface area contributed by atoms with Crippen molar-refractivity contribution in [3.8, 4) is 23.0 Å². The zero-order valence-corrected chi connectivity index (χ0v) is 13.2. The van der Waals surface area contributed by atoms with Crippen LogP contribution in [0.15, 0.2) is 27.8 Å². The van der Waals surface area contributed by atoms with E-state index >= 15 is 0 Å². The van der Waals surface area contributed by atoms with Crippen LogP contribution >= 0.6 is 11.8 Å². The summed E-state index contributed by atoms with van der Waals surface area (Å²) >= 11 is 0.983. The van der Waals surface area contributed by atoms with E-state index in [1.54, 1.807) is 18.2 Å². The van der Waals surface area contributed by atoms with Gasteiger partial charge in [0.15, 0.2) is 0 Å². The monoisotopic (exact) mass is 338 g/mol. The molecule has 0 atom stereocenters. The number of aromatic nitrogens is 2. The number of urea groups is 1. The third-order valence-corrected chi connectivity index (χ3v) is 3.41. The molecule has 1 aromatic heterocycles. The van der Waals surface area contributed by atoms with Crippen molar-refractivity contribution in [2.45, 2.75) is 5.22 Å². The van der Waals surface area contributed by atoms with Gasteiger partial charge < -0.3 is 19.6 Å². The quantitative estimate of drug-likeness (QED) is 0.747. The zero-order chi connectivity index (χ0) is 16.8. The summed E-state index contributed by atoms with van der Waals surface area (Å²) in [5, 5.41) is 9.85. The molecule has 0 aliphatic carbocycles. The summed E-state index contributed by atoms with van der Waals surface area (Å²) in [5.41, 5.74) is 5.45. The summed E-state index contributed by atoms with van der Waals surface area (Å²) in [5.74, 6) is 0.775. The lowest BCUT2D eigenvalue weighted by Crippen LogP contribution is -2.36. The van der Waals surface area contributed by atoms with Gasteiger partial charge in [0.2, 0.25) is 11.8 Å². The number of nitrogens with zero attached hydrogens (tertiary/aromatic N) is 2. The Labute approximate surface area is 135 Å². The first-order valence-corrected chi connectivity index (χ1v) is 7.29. The molecule has 2 aromatic rings. The third kappa shape index (κ3) is 4.61. The number of carbonyl (C=O) groups excluding carboxylic acids is 2. The number of benzene rings is 1. The van der Waals surface area contributed by atoms with Crippen molar-refractivity contribution < 1.29 is 23.5 Å². The van der Waals surface area contributed by atoms with Crippen LogP contribution in [0.3, 0.4) is 0 Å². The van der Waals surface area contributed by atoms with Crippen LogP contribution in [-0.2, 0) is 4.79 Å². The molecule has 0 aliphatic heterocycles. The Morgan fingerprint density at radius 1 is 1.22 bits per heavy atom. The number of hydrogen-bond donors (Lipinski definition) is 2. The molecule has 0 unspecified atom stereocenters. The Hall–Kier alpha value is -2.75. The number of methoxy groups -OCH3 is 2. The maximum absolute atomic E-state index is 11.3. The number of ether oxygens (including phenoxy) is 2. The number of nitrogens with one attached hydrogen (secondary N) is 1. The number of hydrogen-bond acceptors (Lipinski definition) is 8. The Balaban J connectivity index is 2.10. The molecule has 10 heteroatoms. The van der Waals surface area contributed by atoms with E-state index in [1.807, 2.05) is 5.32 Å². The van der Waals surface area contributed by atoms with Crippen molar-refractivity contribution in [2.24, 2.45) is 5.73 Å². The Bertz CT molecular complexity index is 696. The summed E-state index contributed by atoms with van der Waals surface area (Å²) in [6.07, 6.45) is 0. The highest BCUT2D eigenvalue weighted by atomic mass is 32.2. The second kappa shape index (κ2) is 7.49. The minimum absolute atomic E-state index is 0.0774. The summed E-state index contributed by atoms with van der Waals surface area (Å²) in [4.78, 5) is 21.9. The first-order chi connectivity index (χ1) is 11.0. The van der Waals surface area contributed by atoms with Crippen LogP contribution in [-0.4, -0.2) is 42.1 Å². The average molecular weight is 338 g/mol. The van der Waals surface area contributed by atoms with Crippen LogP contribution in [0.1, 0.15) is 0 Å². The van der Waals surface area contributed by atoms with E-state index in [0.717, 1.165) is 11.8 Å². The number of carbonyl (C=O) groups is 2. The molecular formula is C13H14N4O5S. The van der Waals surface area contributed by atoms with E-state index in [4.69, 9.17) is 19.6 Å². The van der Waals surface area contributed by atoms with Gasteiger partial charge >= 0.3 is 6.03 Å². The molecular weight excluding hydrogens is 324 g/mol. The number of nitrogens with two attached hydrogens (primary N) is 1. The van der Waals surface area contributed by atoms with Gasteiger partial charge in [-0.15, -0.1) is 10.2 Å². The molecule has 0 radical (unpaired) electrons. The lowest BCUT2D eigenvalue weighted by molar-refractivity contribution is -0.117. The van der Waals surface area contributed by atoms with Gasteiger partial charge in [0.25, 0.3) is 5.22 Å². The van der Waals surface area contributed by atoms with E-state index in [1.165, 1.54) is 14.2 Å². The number of thioether (sulfide) groups is 1. The Morgan fingerprint density at radius 3 is 2.43 bits per heavy atom. The van der Waals surface area contributed by atoms with Crippen LogP contribution < -0.4 is 20.5 Å². The van der Waals surface area contributed by atoms with E-state index in [0.29, 0.717) is 17.1 Å². The topological polar surface area (TPSA) is 130 Å². The van der Waals surface area contributed by atoms with Crippen molar-refractivity contribution in [1.29, 1.82) is 0 Å². The predicted molar refractivity (Wildman–Crippen MR) is 81.3 cm³/mol. The van der Waals surface area contributed by atoms with Gasteiger partial charge in [0.1, 0.15) is 11.5 Å². The maximum atomic E-state index is 11.3. The van der Waals surface area contributed by atoms with Crippen LogP contribution in [0.5, 0.6) is 11.5 Å². The van der Waals surface area contributed by atoms with Gasteiger partial charge in [-0.2, -0.15) is 0 Å². The highest BCUT2D eigenvalue weighted by molar-refractivity contribution is 7.99. The molecule has 0 saturated carbocycles. The molecule has 0 fully saturated rings. The lowest BCUT2D eigenvalue weighted by atomic mass is 10.2. The van der Waals surface area contributed by atoms with Crippen molar-refractivity contribution >= 4 is 23.7 Å². The Kier molecular flexibility index (Phi) is 5.41. The molecule has 0 bridgehead atoms. The molecule has 122 valence electrons. The number of amides is 3.